The third-order valence-corrected chi connectivity index (χ3v) is 6.33. The Morgan fingerprint density at radius 2 is 1.79 bits per heavy atom. The van der Waals surface area contributed by atoms with E-state index in [2.05, 4.69) is 5.32 Å². The zero-order valence-corrected chi connectivity index (χ0v) is 16.2. The summed E-state index contributed by atoms with van der Waals surface area (Å²) in [5.41, 5.74) is 0.869. The topological polar surface area (TPSA) is 107 Å². The second-order valence-corrected chi connectivity index (χ2v) is 8.14. The molecule has 2 heterocycles. The Bertz CT molecular complexity index is 819. The molecule has 1 aliphatic carbocycles. The van der Waals surface area contributed by atoms with Gasteiger partial charge in [0, 0.05) is 25.9 Å². The van der Waals surface area contributed by atoms with Crippen LogP contribution in [0.25, 0.3) is 0 Å². The van der Waals surface area contributed by atoms with Crippen LogP contribution in [0.3, 0.4) is 0 Å². The van der Waals surface area contributed by atoms with Crippen molar-refractivity contribution in [3.05, 3.63) is 35.4 Å². The van der Waals surface area contributed by atoms with Crippen molar-refractivity contribution in [1.82, 2.24) is 15.1 Å². The molecular formula is C21H25N3O5. The number of nitrogens with zero attached hydrogens (tertiary/aromatic N) is 2. The van der Waals surface area contributed by atoms with Gasteiger partial charge < -0.3 is 15.3 Å². The van der Waals surface area contributed by atoms with Gasteiger partial charge in [0.1, 0.15) is 11.6 Å². The number of hydrogen-bond donors (Lipinski definition) is 2. The number of fused-ring (bicyclic) bond motifs is 2. The third-order valence-electron chi connectivity index (χ3n) is 6.33. The number of carbonyl (C=O) groups excluding carboxylic acids is 3. The maximum atomic E-state index is 12.8. The molecular weight excluding hydrogens is 374 g/mol. The highest BCUT2D eigenvalue weighted by atomic mass is 16.4. The molecule has 2 fully saturated rings. The Labute approximate surface area is 168 Å². The van der Waals surface area contributed by atoms with Crippen LogP contribution in [0.1, 0.15) is 49.7 Å². The molecule has 0 spiro atoms. The molecule has 2 N–H and O–H groups in total. The first kappa shape index (κ1) is 19.4. The first-order valence-electron chi connectivity index (χ1n) is 10.1. The van der Waals surface area contributed by atoms with Gasteiger partial charge in [0.25, 0.3) is 5.91 Å². The van der Waals surface area contributed by atoms with E-state index < -0.39 is 23.5 Å². The maximum absolute atomic E-state index is 12.8. The van der Waals surface area contributed by atoms with Crippen LogP contribution in [0.2, 0.25) is 0 Å². The number of benzene rings is 1. The van der Waals surface area contributed by atoms with Gasteiger partial charge in [0.15, 0.2) is 0 Å². The third kappa shape index (κ3) is 3.47. The lowest BCUT2D eigenvalue weighted by molar-refractivity contribution is -0.149. The van der Waals surface area contributed by atoms with Gasteiger partial charge in [-0.1, -0.05) is 43.5 Å². The van der Waals surface area contributed by atoms with E-state index in [4.69, 9.17) is 0 Å². The van der Waals surface area contributed by atoms with Crippen molar-refractivity contribution in [2.75, 3.05) is 6.54 Å². The molecule has 29 heavy (non-hydrogen) atoms. The molecule has 3 aliphatic rings. The minimum atomic E-state index is -1.23. The van der Waals surface area contributed by atoms with E-state index >= 15 is 0 Å². The summed E-state index contributed by atoms with van der Waals surface area (Å²) in [6.45, 7) is 0.346. The number of urea groups is 1. The summed E-state index contributed by atoms with van der Waals surface area (Å²) in [5.74, 6) is -1.75. The predicted octanol–water partition coefficient (Wildman–Crippen LogP) is 1.67. The molecule has 154 valence electrons. The summed E-state index contributed by atoms with van der Waals surface area (Å²) >= 11 is 0. The largest absolute Gasteiger partial charge is 0.480 e. The fraction of sp³-hybridized carbons (Fsp3) is 0.524. The van der Waals surface area contributed by atoms with Crippen LogP contribution < -0.4 is 5.32 Å². The first-order chi connectivity index (χ1) is 13.9. The minimum absolute atomic E-state index is 0.0391. The first-order valence-corrected chi connectivity index (χ1v) is 10.1. The van der Waals surface area contributed by atoms with Gasteiger partial charge in [-0.05, 0) is 24.0 Å². The van der Waals surface area contributed by atoms with Crippen LogP contribution in [0, 0.1) is 0 Å². The van der Waals surface area contributed by atoms with Crippen LogP contribution in [0.15, 0.2) is 24.3 Å². The van der Waals surface area contributed by atoms with Gasteiger partial charge in [0.2, 0.25) is 5.91 Å². The Hall–Kier alpha value is -2.90. The molecule has 1 atom stereocenters. The second-order valence-electron chi connectivity index (χ2n) is 8.14. The number of imide groups is 1. The molecule has 0 unspecified atom stereocenters. The van der Waals surface area contributed by atoms with Crippen molar-refractivity contribution in [3.63, 3.8) is 0 Å². The highest BCUT2D eigenvalue weighted by Crippen LogP contribution is 2.31. The highest BCUT2D eigenvalue weighted by molar-refractivity contribution is 6.05. The molecule has 1 saturated carbocycles. The molecule has 2 aliphatic heterocycles. The van der Waals surface area contributed by atoms with Crippen molar-refractivity contribution in [1.29, 1.82) is 0 Å². The summed E-state index contributed by atoms with van der Waals surface area (Å²) in [7, 11) is 0. The monoisotopic (exact) mass is 399 g/mol. The van der Waals surface area contributed by atoms with Gasteiger partial charge >= 0.3 is 12.0 Å². The van der Waals surface area contributed by atoms with Gasteiger partial charge in [-0.3, -0.25) is 14.5 Å². The zero-order valence-electron chi connectivity index (χ0n) is 16.2. The molecule has 4 rings (SSSR count). The lowest BCUT2D eigenvalue weighted by Crippen LogP contribution is -2.56. The van der Waals surface area contributed by atoms with E-state index in [9.17, 15) is 24.3 Å². The van der Waals surface area contributed by atoms with Gasteiger partial charge in [-0.25, -0.2) is 9.59 Å². The molecule has 1 aromatic rings. The van der Waals surface area contributed by atoms with Crippen LogP contribution in [-0.2, 0) is 27.3 Å². The molecule has 0 bridgehead atoms. The smallest absolute Gasteiger partial charge is 0.329 e. The van der Waals surface area contributed by atoms with Crippen LogP contribution >= 0.6 is 0 Å². The fourth-order valence-corrected chi connectivity index (χ4v) is 4.67. The van der Waals surface area contributed by atoms with E-state index in [1.807, 2.05) is 24.3 Å². The van der Waals surface area contributed by atoms with Crippen molar-refractivity contribution in [2.45, 2.75) is 63.1 Å². The Balaban J connectivity index is 1.39. The molecule has 0 radical (unpaired) electrons. The number of nitrogens with one attached hydrogen (secondary N) is 1. The number of amides is 4. The lowest BCUT2D eigenvalue weighted by Gasteiger charge is -2.34. The van der Waals surface area contributed by atoms with Crippen LogP contribution in [0.4, 0.5) is 4.79 Å². The van der Waals surface area contributed by atoms with E-state index in [1.54, 1.807) is 4.90 Å². The number of carboxylic acids is 1. The molecule has 8 nitrogen and oxygen atoms in total. The molecule has 1 aromatic carbocycles. The van der Waals surface area contributed by atoms with Crippen molar-refractivity contribution in [2.24, 2.45) is 0 Å². The zero-order chi connectivity index (χ0) is 20.6. The number of carboxylic acid groups (broad SMARTS) is 1. The standard InChI is InChI=1S/C21H25N3O5/c25-17(22-21(19(27)28)9-4-1-5-10-21)8-11-23-18(26)16-12-14-6-2-3-7-15(14)13-24(16)20(23)29/h2-3,6-7,16H,1,4-5,8-13H2,(H,22,25)(H,27,28)/t16-/m0/s1. The van der Waals surface area contributed by atoms with E-state index in [0.29, 0.717) is 25.8 Å². The summed E-state index contributed by atoms with van der Waals surface area (Å²) in [4.78, 5) is 52.4. The van der Waals surface area contributed by atoms with E-state index in [0.717, 1.165) is 35.3 Å². The molecule has 8 heteroatoms. The molecule has 4 amide bonds. The number of hydrogen-bond acceptors (Lipinski definition) is 4. The SMILES string of the molecule is O=C(CCN1C(=O)[C@@H]2Cc3ccccc3CN2C1=O)NC1(C(=O)O)CCCCC1. The van der Waals surface area contributed by atoms with Crippen molar-refractivity contribution in [3.8, 4) is 0 Å². The lowest BCUT2D eigenvalue weighted by atomic mass is 9.81. The van der Waals surface area contributed by atoms with Crippen molar-refractivity contribution >= 4 is 23.8 Å². The Morgan fingerprint density at radius 1 is 1.10 bits per heavy atom. The highest BCUT2D eigenvalue weighted by Gasteiger charge is 2.47. The summed E-state index contributed by atoms with van der Waals surface area (Å²) in [6, 6.07) is 6.84. The number of rotatable bonds is 5. The van der Waals surface area contributed by atoms with Gasteiger partial charge in [-0.15, -0.1) is 0 Å². The van der Waals surface area contributed by atoms with Gasteiger partial charge in [0.05, 0.1) is 0 Å². The van der Waals surface area contributed by atoms with E-state index in [-0.39, 0.29) is 24.9 Å². The molecule has 0 aromatic heterocycles. The summed E-state index contributed by atoms with van der Waals surface area (Å²) in [6.07, 6.45) is 3.67. The number of carbonyl (C=O) groups is 4. The average molecular weight is 399 g/mol. The maximum Gasteiger partial charge on any atom is 0.329 e. The predicted molar refractivity (Wildman–Crippen MR) is 103 cm³/mol. The second kappa shape index (κ2) is 7.50. The Kier molecular flexibility index (Phi) is 5.02. The fourth-order valence-electron chi connectivity index (χ4n) is 4.67. The normalized spacial score (nSPS) is 22.8. The molecule has 1 saturated heterocycles. The average Bonchev–Trinajstić information content (AvgIpc) is 2.95. The van der Waals surface area contributed by atoms with E-state index in [1.165, 1.54) is 0 Å². The van der Waals surface area contributed by atoms with Crippen LogP contribution in [-0.4, -0.2) is 56.8 Å². The van der Waals surface area contributed by atoms with Gasteiger partial charge in [-0.2, -0.15) is 0 Å². The quantitative estimate of drug-likeness (QED) is 0.733. The van der Waals surface area contributed by atoms with Crippen LogP contribution in [0.5, 0.6) is 0 Å². The Morgan fingerprint density at radius 3 is 2.48 bits per heavy atom. The van der Waals surface area contributed by atoms with Crippen molar-refractivity contribution < 1.29 is 24.3 Å². The number of aliphatic carboxylic acids is 1. The minimum Gasteiger partial charge on any atom is -0.480 e. The summed E-state index contributed by atoms with van der Waals surface area (Å²) in [5, 5.41) is 12.2. The summed E-state index contributed by atoms with van der Waals surface area (Å²) < 4.78 is 0.